The molecule has 0 aliphatic carbocycles. The number of benzene rings is 1. The minimum absolute atomic E-state index is 0.00228. The van der Waals surface area contributed by atoms with Crippen molar-refractivity contribution < 1.29 is 13.5 Å². The Bertz CT molecular complexity index is 876. The van der Waals surface area contributed by atoms with Crippen molar-refractivity contribution in [3.8, 4) is 11.1 Å². The molecule has 4 rings (SSSR count). The SMILES string of the molecule is CC[C@H]1OC[C@]2(c3cc(-c4cccnc4F)ccc3F)N=C(N)SC[C@H]12. The number of rotatable bonds is 3. The van der Waals surface area contributed by atoms with E-state index in [9.17, 15) is 8.78 Å². The number of aliphatic imine (C=N–C) groups is 1. The zero-order valence-electron chi connectivity index (χ0n) is 14.3. The standard InChI is InChI=1S/C19H19F2N3OS/c1-2-16-14-9-26-18(22)24-19(14,10-25-16)13-8-11(5-6-15(13)20)12-4-3-7-23-17(12)21/h3-8,14,16H,2,9-10H2,1H3,(H2,22,24)/t14-,16-,19-/m1/s1. The zero-order chi connectivity index (χ0) is 18.3. The van der Waals surface area contributed by atoms with Gasteiger partial charge in [-0.25, -0.2) is 14.4 Å². The number of ether oxygens (including phenoxy) is 1. The van der Waals surface area contributed by atoms with E-state index < -0.39 is 11.5 Å². The number of aromatic nitrogens is 1. The molecule has 0 saturated carbocycles. The number of halogens is 2. The summed E-state index contributed by atoms with van der Waals surface area (Å²) in [5.74, 6) is -0.228. The first-order valence-corrected chi connectivity index (χ1v) is 9.54. The molecule has 0 unspecified atom stereocenters. The van der Waals surface area contributed by atoms with E-state index in [-0.39, 0.29) is 24.4 Å². The molecule has 1 saturated heterocycles. The largest absolute Gasteiger partial charge is 0.379 e. The number of nitrogens with zero attached hydrogens (tertiary/aromatic N) is 2. The fourth-order valence-corrected chi connectivity index (χ4v) is 4.96. The van der Waals surface area contributed by atoms with Crippen molar-refractivity contribution in [2.45, 2.75) is 25.0 Å². The van der Waals surface area contributed by atoms with Gasteiger partial charge in [-0.1, -0.05) is 24.8 Å². The van der Waals surface area contributed by atoms with E-state index in [0.717, 1.165) is 12.2 Å². The molecule has 2 aromatic rings. The van der Waals surface area contributed by atoms with Crippen LogP contribution < -0.4 is 5.73 Å². The topological polar surface area (TPSA) is 60.5 Å². The summed E-state index contributed by atoms with van der Waals surface area (Å²) in [5, 5.41) is 0.430. The lowest BCUT2D eigenvalue weighted by molar-refractivity contribution is 0.0904. The lowest BCUT2D eigenvalue weighted by Gasteiger charge is -2.36. The monoisotopic (exact) mass is 375 g/mol. The summed E-state index contributed by atoms with van der Waals surface area (Å²) in [7, 11) is 0. The zero-order valence-corrected chi connectivity index (χ0v) is 15.1. The molecule has 136 valence electrons. The van der Waals surface area contributed by atoms with Crippen LogP contribution in [0.1, 0.15) is 18.9 Å². The highest BCUT2D eigenvalue weighted by Gasteiger charge is 2.53. The van der Waals surface area contributed by atoms with Gasteiger partial charge in [0.1, 0.15) is 11.4 Å². The quantitative estimate of drug-likeness (QED) is 0.831. The smallest absolute Gasteiger partial charge is 0.220 e. The van der Waals surface area contributed by atoms with Crippen molar-refractivity contribution >= 4 is 16.9 Å². The second-order valence-corrected chi connectivity index (χ2v) is 7.63. The van der Waals surface area contributed by atoms with Crippen LogP contribution in [0.15, 0.2) is 41.5 Å². The van der Waals surface area contributed by atoms with Crippen molar-refractivity contribution in [3.63, 3.8) is 0 Å². The van der Waals surface area contributed by atoms with Crippen molar-refractivity contribution in [2.75, 3.05) is 12.4 Å². The normalized spacial score (nSPS) is 27.9. The van der Waals surface area contributed by atoms with E-state index in [1.807, 2.05) is 6.92 Å². The van der Waals surface area contributed by atoms with Crippen LogP contribution in [0.25, 0.3) is 11.1 Å². The van der Waals surface area contributed by atoms with Crippen LogP contribution in [0.4, 0.5) is 8.78 Å². The molecule has 0 bridgehead atoms. The summed E-state index contributed by atoms with van der Waals surface area (Å²) in [6.45, 7) is 2.32. The lowest BCUT2D eigenvalue weighted by atomic mass is 9.77. The van der Waals surface area contributed by atoms with E-state index in [0.29, 0.717) is 21.9 Å². The third-order valence-electron chi connectivity index (χ3n) is 5.21. The van der Waals surface area contributed by atoms with Gasteiger partial charge in [-0.15, -0.1) is 0 Å². The van der Waals surface area contributed by atoms with Crippen molar-refractivity contribution in [1.29, 1.82) is 0 Å². The number of pyridine rings is 1. The average Bonchev–Trinajstić information content (AvgIpc) is 3.01. The molecule has 7 heteroatoms. The Labute approximate surface area is 154 Å². The fourth-order valence-electron chi connectivity index (χ4n) is 3.90. The maximum absolute atomic E-state index is 14.9. The Morgan fingerprint density at radius 2 is 2.19 bits per heavy atom. The number of nitrogens with two attached hydrogens (primary N) is 1. The summed E-state index contributed by atoms with van der Waals surface area (Å²) in [4.78, 5) is 8.33. The van der Waals surface area contributed by atoms with Gasteiger partial charge in [0.2, 0.25) is 5.95 Å². The fraction of sp³-hybridized carbons (Fsp3) is 0.368. The van der Waals surface area contributed by atoms with Crippen LogP contribution in [-0.4, -0.2) is 28.6 Å². The molecule has 2 N–H and O–H groups in total. The molecule has 0 spiro atoms. The number of hydrogen-bond donors (Lipinski definition) is 1. The lowest BCUT2D eigenvalue weighted by Crippen LogP contribution is -2.42. The minimum Gasteiger partial charge on any atom is -0.379 e. The highest BCUT2D eigenvalue weighted by molar-refractivity contribution is 8.13. The molecule has 2 aliphatic rings. The molecule has 0 amide bonds. The maximum atomic E-state index is 14.9. The predicted molar refractivity (Wildman–Crippen MR) is 98.9 cm³/mol. The van der Waals surface area contributed by atoms with Crippen LogP contribution in [0.5, 0.6) is 0 Å². The number of fused-ring (bicyclic) bond motifs is 1. The van der Waals surface area contributed by atoms with Gasteiger partial charge in [0.05, 0.1) is 12.7 Å². The molecule has 1 fully saturated rings. The first-order chi connectivity index (χ1) is 12.5. The summed E-state index contributed by atoms with van der Waals surface area (Å²) in [5.41, 5.74) is 6.42. The van der Waals surface area contributed by atoms with Crippen LogP contribution >= 0.6 is 11.8 Å². The van der Waals surface area contributed by atoms with Crippen molar-refractivity contribution in [1.82, 2.24) is 4.98 Å². The van der Waals surface area contributed by atoms with Gasteiger partial charge < -0.3 is 10.5 Å². The molecule has 26 heavy (non-hydrogen) atoms. The van der Waals surface area contributed by atoms with E-state index in [1.54, 1.807) is 24.3 Å². The van der Waals surface area contributed by atoms with E-state index in [1.165, 1.54) is 24.0 Å². The predicted octanol–water partition coefficient (Wildman–Crippen LogP) is 3.71. The summed E-state index contributed by atoms with van der Waals surface area (Å²) < 4.78 is 34.9. The van der Waals surface area contributed by atoms with Crippen LogP contribution in [0, 0.1) is 17.7 Å². The van der Waals surface area contributed by atoms with Gasteiger partial charge in [-0.05, 0) is 36.2 Å². The van der Waals surface area contributed by atoms with Gasteiger partial charge >= 0.3 is 0 Å². The van der Waals surface area contributed by atoms with Gasteiger partial charge in [0, 0.05) is 29.0 Å². The minimum atomic E-state index is -0.866. The average molecular weight is 375 g/mol. The van der Waals surface area contributed by atoms with Gasteiger partial charge in [0.25, 0.3) is 0 Å². The summed E-state index contributed by atoms with van der Waals surface area (Å²) in [6, 6.07) is 7.86. The number of thioether (sulfide) groups is 1. The Balaban J connectivity index is 1.88. The molecule has 0 radical (unpaired) electrons. The second-order valence-electron chi connectivity index (χ2n) is 6.59. The Morgan fingerprint density at radius 3 is 2.96 bits per heavy atom. The van der Waals surface area contributed by atoms with E-state index >= 15 is 0 Å². The van der Waals surface area contributed by atoms with Gasteiger partial charge in [0.15, 0.2) is 5.17 Å². The number of amidine groups is 1. The molecule has 3 heterocycles. The van der Waals surface area contributed by atoms with Gasteiger partial charge in [-0.2, -0.15) is 4.39 Å². The second kappa shape index (κ2) is 6.63. The molecular weight excluding hydrogens is 356 g/mol. The van der Waals surface area contributed by atoms with E-state index in [2.05, 4.69) is 9.98 Å². The van der Waals surface area contributed by atoms with Crippen molar-refractivity contribution in [3.05, 3.63) is 53.9 Å². The van der Waals surface area contributed by atoms with Crippen LogP contribution in [-0.2, 0) is 10.3 Å². The summed E-state index contributed by atoms with van der Waals surface area (Å²) in [6.07, 6.45) is 2.20. The first kappa shape index (κ1) is 17.4. The molecule has 2 aliphatic heterocycles. The van der Waals surface area contributed by atoms with Crippen LogP contribution in [0.2, 0.25) is 0 Å². The highest BCUT2D eigenvalue weighted by Crippen LogP contribution is 2.49. The molecular formula is C19H19F2N3OS. The Hall–Kier alpha value is -1.99. The molecule has 3 atom stereocenters. The third-order valence-corrected chi connectivity index (χ3v) is 6.12. The third kappa shape index (κ3) is 2.70. The molecule has 1 aromatic carbocycles. The Morgan fingerprint density at radius 1 is 1.35 bits per heavy atom. The number of hydrogen-bond acceptors (Lipinski definition) is 5. The van der Waals surface area contributed by atoms with E-state index in [4.69, 9.17) is 10.5 Å². The van der Waals surface area contributed by atoms with Crippen LogP contribution in [0.3, 0.4) is 0 Å². The molecule has 1 aromatic heterocycles. The highest BCUT2D eigenvalue weighted by atomic mass is 32.2. The summed E-state index contributed by atoms with van der Waals surface area (Å²) >= 11 is 1.47. The first-order valence-electron chi connectivity index (χ1n) is 8.56. The Kier molecular flexibility index (Phi) is 4.44. The molecule has 4 nitrogen and oxygen atoms in total. The maximum Gasteiger partial charge on any atom is 0.220 e. The van der Waals surface area contributed by atoms with Crippen molar-refractivity contribution in [2.24, 2.45) is 16.6 Å². The van der Waals surface area contributed by atoms with Gasteiger partial charge in [-0.3, -0.25) is 0 Å².